The third-order valence-corrected chi connectivity index (χ3v) is 2.89. The number of carbonyl (C=O) groups excluding carboxylic acids is 1. The van der Waals surface area contributed by atoms with Gasteiger partial charge in [-0.05, 0) is 13.8 Å². The van der Waals surface area contributed by atoms with Crippen molar-refractivity contribution in [3.05, 3.63) is 22.5 Å². The Morgan fingerprint density at radius 2 is 2.29 bits per heavy atom. The fraction of sp³-hybridized carbons (Fsp3) is 0.333. The van der Waals surface area contributed by atoms with Crippen molar-refractivity contribution in [1.29, 1.82) is 0 Å². The number of imidazole rings is 1. The maximum atomic E-state index is 11.4. The van der Waals surface area contributed by atoms with E-state index in [9.17, 15) is 4.79 Å². The second-order valence-electron chi connectivity index (χ2n) is 3.03. The smallest absolute Gasteiger partial charge is 0.357 e. The topological polar surface area (TPSA) is 43.6 Å². The van der Waals surface area contributed by atoms with Crippen molar-refractivity contribution in [3.63, 3.8) is 0 Å². The van der Waals surface area contributed by atoms with Crippen LogP contribution in [0, 0.1) is 13.8 Å². The third kappa shape index (κ3) is 1.21. The van der Waals surface area contributed by atoms with E-state index in [2.05, 4.69) is 4.98 Å². The van der Waals surface area contributed by atoms with E-state index >= 15 is 0 Å². The largest absolute Gasteiger partial charge is 0.464 e. The molecule has 0 atom stereocenters. The average Bonchev–Trinajstić information content (AvgIpc) is 2.58. The van der Waals surface area contributed by atoms with E-state index in [1.165, 1.54) is 7.11 Å². The molecule has 5 heteroatoms. The number of carbonyl (C=O) groups is 1. The van der Waals surface area contributed by atoms with Gasteiger partial charge in [-0.25, -0.2) is 9.78 Å². The average molecular weight is 210 g/mol. The minimum absolute atomic E-state index is 0.340. The molecule has 0 bridgehead atoms. The van der Waals surface area contributed by atoms with Gasteiger partial charge in [0, 0.05) is 11.1 Å². The maximum Gasteiger partial charge on any atom is 0.357 e. The third-order valence-electron chi connectivity index (χ3n) is 1.99. The van der Waals surface area contributed by atoms with Gasteiger partial charge >= 0.3 is 5.97 Å². The number of hydrogen-bond acceptors (Lipinski definition) is 4. The summed E-state index contributed by atoms with van der Waals surface area (Å²) in [7, 11) is 1.38. The molecular formula is C9H10N2O2S. The van der Waals surface area contributed by atoms with Gasteiger partial charge in [0.15, 0.2) is 10.7 Å². The van der Waals surface area contributed by atoms with Crippen LogP contribution in [0.1, 0.15) is 21.1 Å². The minimum atomic E-state index is -0.340. The summed E-state index contributed by atoms with van der Waals surface area (Å²) in [5.41, 5.74) is 1.23. The van der Waals surface area contributed by atoms with E-state index in [0.717, 1.165) is 9.84 Å². The van der Waals surface area contributed by atoms with Gasteiger partial charge < -0.3 is 4.74 Å². The van der Waals surface area contributed by atoms with Gasteiger partial charge in [0.05, 0.1) is 12.8 Å². The van der Waals surface area contributed by atoms with E-state index < -0.39 is 0 Å². The van der Waals surface area contributed by atoms with E-state index in [0.29, 0.717) is 11.4 Å². The van der Waals surface area contributed by atoms with E-state index in [4.69, 9.17) is 4.74 Å². The number of ether oxygens (including phenoxy) is 1. The summed E-state index contributed by atoms with van der Waals surface area (Å²) in [4.78, 5) is 17.7. The Bertz CT molecular complexity index is 498. The molecule has 2 aromatic heterocycles. The Labute approximate surface area is 85.1 Å². The molecule has 0 aliphatic heterocycles. The summed E-state index contributed by atoms with van der Waals surface area (Å²) in [5, 5.41) is 0. The molecule has 0 aliphatic carbocycles. The van der Waals surface area contributed by atoms with Crippen LogP contribution in [-0.4, -0.2) is 22.5 Å². The standard InChI is InChI=1S/C9H10N2O2S/c1-5-4-11-7(8(12)13-3)6(2)10-9(11)14-5/h4H,1-3H3. The molecule has 0 amide bonds. The highest BCUT2D eigenvalue weighted by atomic mass is 32.1. The number of aromatic nitrogens is 2. The summed E-state index contributed by atoms with van der Waals surface area (Å²) < 4.78 is 6.48. The molecule has 4 nitrogen and oxygen atoms in total. The number of hydrogen-bond donors (Lipinski definition) is 0. The Morgan fingerprint density at radius 3 is 2.93 bits per heavy atom. The van der Waals surface area contributed by atoms with Gasteiger partial charge in [-0.1, -0.05) is 0 Å². The summed E-state index contributed by atoms with van der Waals surface area (Å²) in [6.07, 6.45) is 1.90. The second-order valence-corrected chi connectivity index (χ2v) is 4.25. The highest BCUT2D eigenvalue weighted by Gasteiger charge is 2.18. The first-order valence-corrected chi connectivity index (χ1v) is 4.98. The van der Waals surface area contributed by atoms with Gasteiger partial charge in [-0.2, -0.15) is 0 Å². The van der Waals surface area contributed by atoms with Crippen LogP contribution in [0.5, 0.6) is 0 Å². The van der Waals surface area contributed by atoms with Crippen LogP contribution in [0.25, 0.3) is 4.96 Å². The van der Waals surface area contributed by atoms with Crippen molar-refractivity contribution in [2.45, 2.75) is 13.8 Å². The highest BCUT2D eigenvalue weighted by molar-refractivity contribution is 7.17. The molecule has 0 aromatic carbocycles. The molecular weight excluding hydrogens is 200 g/mol. The molecule has 0 aliphatic rings. The Morgan fingerprint density at radius 1 is 1.57 bits per heavy atom. The van der Waals surface area contributed by atoms with Gasteiger partial charge in [0.1, 0.15) is 0 Å². The fourth-order valence-corrected chi connectivity index (χ4v) is 2.28. The lowest BCUT2D eigenvalue weighted by atomic mass is 10.3. The lowest BCUT2D eigenvalue weighted by Gasteiger charge is -1.97. The van der Waals surface area contributed by atoms with Crippen LogP contribution in [0.15, 0.2) is 6.20 Å². The van der Waals surface area contributed by atoms with Gasteiger partial charge in [0.25, 0.3) is 0 Å². The van der Waals surface area contributed by atoms with Crippen molar-refractivity contribution in [1.82, 2.24) is 9.38 Å². The van der Waals surface area contributed by atoms with Crippen molar-refractivity contribution in [2.75, 3.05) is 7.11 Å². The molecule has 2 rings (SSSR count). The summed E-state index contributed by atoms with van der Waals surface area (Å²) in [6.45, 7) is 3.79. The van der Waals surface area contributed by atoms with E-state index in [-0.39, 0.29) is 5.97 Å². The minimum Gasteiger partial charge on any atom is -0.464 e. The number of thiazole rings is 1. The molecule has 0 N–H and O–H groups in total. The Balaban J connectivity index is 2.71. The van der Waals surface area contributed by atoms with Crippen LogP contribution in [0.2, 0.25) is 0 Å². The predicted molar refractivity (Wildman–Crippen MR) is 53.9 cm³/mol. The molecule has 14 heavy (non-hydrogen) atoms. The first-order valence-electron chi connectivity index (χ1n) is 4.17. The first kappa shape index (κ1) is 9.21. The first-order chi connectivity index (χ1) is 6.63. The van der Waals surface area contributed by atoms with Gasteiger partial charge in [-0.3, -0.25) is 4.40 Å². The maximum absolute atomic E-state index is 11.4. The van der Waals surface area contributed by atoms with Crippen molar-refractivity contribution >= 4 is 22.3 Å². The number of aryl methyl sites for hydroxylation is 2. The molecule has 0 saturated heterocycles. The number of rotatable bonds is 1. The molecule has 0 spiro atoms. The summed E-state index contributed by atoms with van der Waals surface area (Å²) in [6, 6.07) is 0. The fourth-order valence-electron chi connectivity index (χ4n) is 1.41. The van der Waals surface area contributed by atoms with Crippen molar-refractivity contribution < 1.29 is 9.53 Å². The molecule has 0 saturated carbocycles. The zero-order valence-electron chi connectivity index (χ0n) is 8.20. The predicted octanol–water partition coefficient (Wildman–Crippen LogP) is 1.80. The van der Waals surface area contributed by atoms with Gasteiger partial charge in [-0.15, -0.1) is 11.3 Å². The van der Waals surface area contributed by atoms with Gasteiger partial charge in [0.2, 0.25) is 0 Å². The van der Waals surface area contributed by atoms with Crippen LogP contribution >= 0.6 is 11.3 Å². The van der Waals surface area contributed by atoms with Crippen LogP contribution < -0.4 is 0 Å². The van der Waals surface area contributed by atoms with Crippen LogP contribution in [0.3, 0.4) is 0 Å². The lowest BCUT2D eigenvalue weighted by molar-refractivity contribution is 0.0592. The molecule has 0 unspecified atom stereocenters. The normalized spacial score (nSPS) is 10.8. The second kappa shape index (κ2) is 3.09. The van der Waals surface area contributed by atoms with E-state index in [1.54, 1.807) is 22.7 Å². The quantitative estimate of drug-likeness (QED) is 0.674. The number of nitrogens with zero attached hydrogens (tertiary/aromatic N) is 2. The number of esters is 1. The highest BCUT2D eigenvalue weighted by Crippen LogP contribution is 2.20. The monoisotopic (exact) mass is 210 g/mol. The number of methoxy groups -OCH3 is 1. The summed E-state index contributed by atoms with van der Waals surface area (Å²) >= 11 is 1.56. The molecule has 74 valence electrons. The Kier molecular flexibility index (Phi) is 2.03. The Hall–Kier alpha value is -1.36. The van der Waals surface area contributed by atoms with E-state index in [1.807, 2.05) is 13.1 Å². The molecule has 0 radical (unpaired) electrons. The van der Waals surface area contributed by atoms with Crippen molar-refractivity contribution in [2.24, 2.45) is 0 Å². The lowest BCUT2D eigenvalue weighted by Crippen LogP contribution is -2.06. The van der Waals surface area contributed by atoms with Crippen molar-refractivity contribution in [3.8, 4) is 0 Å². The van der Waals surface area contributed by atoms with Crippen LogP contribution in [0.4, 0.5) is 0 Å². The zero-order chi connectivity index (χ0) is 10.3. The molecule has 2 heterocycles. The summed E-state index contributed by atoms with van der Waals surface area (Å²) in [5.74, 6) is -0.340. The molecule has 2 aromatic rings. The number of fused-ring (bicyclic) bond motifs is 1. The zero-order valence-corrected chi connectivity index (χ0v) is 9.01. The molecule has 0 fully saturated rings. The SMILES string of the molecule is COC(=O)c1c(C)nc2sc(C)cn12. The van der Waals surface area contributed by atoms with Crippen LogP contribution in [-0.2, 0) is 4.74 Å².